The molecule has 0 saturated carbocycles. The third-order valence-corrected chi connectivity index (χ3v) is 4.15. The highest BCUT2D eigenvalue weighted by atomic mass is 79.9. The highest BCUT2D eigenvalue weighted by Crippen LogP contribution is 2.24. The van der Waals surface area contributed by atoms with Crippen LogP contribution < -0.4 is 11.1 Å². The number of hydrogen-bond acceptors (Lipinski definition) is 3. The molecule has 0 radical (unpaired) electrons. The lowest BCUT2D eigenvalue weighted by Crippen LogP contribution is -2.43. The molecular weight excluding hydrogens is 325 g/mol. The SMILES string of the molecule is Cc1cc(F)c(Br)cc1NC(=O)CN1CCC(N)CC1. The topological polar surface area (TPSA) is 58.4 Å². The van der Waals surface area contributed by atoms with E-state index < -0.39 is 0 Å². The summed E-state index contributed by atoms with van der Waals surface area (Å²) in [5, 5.41) is 2.83. The second-order valence-electron chi connectivity index (χ2n) is 5.24. The smallest absolute Gasteiger partial charge is 0.238 e. The number of nitrogens with one attached hydrogen (secondary N) is 1. The summed E-state index contributed by atoms with van der Waals surface area (Å²) < 4.78 is 13.7. The Hall–Kier alpha value is -0.980. The Balaban J connectivity index is 1.93. The Morgan fingerprint density at radius 3 is 2.80 bits per heavy atom. The largest absolute Gasteiger partial charge is 0.328 e. The van der Waals surface area contributed by atoms with Gasteiger partial charge >= 0.3 is 0 Å². The van der Waals surface area contributed by atoms with Crippen LogP contribution in [0.5, 0.6) is 0 Å². The molecule has 0 aromatic heterocycles. The van der Waals surface area contributed by atoms with E-state index in [0.717, 1.165) is 25.9 Å². The third-order valence-electron chi connectivity index (χ3n) is 3.54. The maximum atomic E-state index is 13.3. The Morgan fingerprint density at radius 1 is 1.50 bits per heavy atom. The van der Waals surface area contributed by atoms with Crippen molar-refractivity contribution in [3.63, 3.8) is 0 Å². The van der Waals surface area contributed by atoms with Gasteiger partial charge in [0.25, 0.3) is 0 Å². The fourth-order valence-electron chi connectivity index (χ4n) is 2.28. The van der Waals surface area contributed by atoms with Gasteiger partial charge in [0, 0.05) is 24.8 Å². The van der Waals surface area contributed by atoms with Crippen molar-refractivity contribution in [1.29, 1.82) is 0 Å². The van der Waals surface area contributed by atoms with Crippen molar-refractivity contribution in [3.05, 3.63) is 28.0 Å². The summed E-state index contributed by atoms with van der Waals surface area (Å²) in [7, 11) is 0. The molecule has 1 aromatic rings. The molecule has 1 aliphatic rings. The average Bonchev–Trinajstić information content (AvgIpc) is 2.39. The van der Waals surface area contributed by atoms with E-state index in [0.29, 0.717) is 22.3 Å². The predicted octanol–water partition coefficient (Wildman–Crippen LogP) is 2.26. The Bertz CT molecular complexity index is 501. The van der Waals surface area contributed by atoms with Crippen LogP contribution in [0.4, 0.5) is 10.1 Å². The molecule has 0 spiro atoms. The van der Waals surface area contributed by atoms with Crippen molar-refractivity contribution in [2.45, 2.75) is 25.8 Å². The Morgan fingerprint density at radius 2 is 2.15 bits per heavy atom. The number of piperidine rings is 1. The standard InChI is InChI=1S/C14H19BrFN3O/c1-9-6-12(16)11(15)7-13(9)18-14(20)8-19-4-2-10(17)3-5-19/h6-7,10H,2-5,8,17H2,1H3,(H,18,20). The molecule has 2 rings (SSSR count). The monoisotopic (exact) mass is 343 g/mol. The number of carbonyl (C=O) groups excluding carboxylic acids is 1. The van der Waals surface area contributed by atoms with E-state index in [1.165, 1.54) is 6.07 Å². The lowest BCUT2D eigenvalue weighted by molar-refractivity contribution is -0.117. The molecule has 0 aliphatic carbocycles. The molecular formula is C14H19BrFN3O. The van der Waals surface area contributed by atoms with Crippen molar-refractivity contribution in [1.82, 2.24) is 4.90 Å². The highest BCUT2D eigenvalue weighted by molar-refractivity contribution is 9.10. The first-order valence-electron chi connectivity index (χ1n) is 6.69. The second kappa shape index (κ2) is 6.65. The normalized spacial score (nSPS) is 17.2. The van der Waals surface area contributed by atoms with Crippen molar-refractivity contribution in [2.75, 3.05) is 25.0 Å². The maximum Gasteiger partial charge on any atom is 0.238 e. The molecule has 0 bridgehead atoms. The number of aryl methyl sites for hydroxylation is 1. The summed E-state index contributed by atoms with van der Waals surface area (Å²) in [6.07, 6.45) is 1.85. The first kappa shape index (κ1) is 15.4. The molecule has 1 fully saturated rings. The number of nitrogens with two attached hydrogens (primary N) is 1. The Labute approximate surface area is 126 Å². The van der Waals surface area contributed by atoms with Gasteiger partial charge in [-0.3, -0.25) is 9.69 Å². The number of benzene rings is 1. The van der Waals surface area contributed by atoms with Gasteiger partial charge in [-0.1, -0.05) is 0 Å². The van der Waals surface area contributed by atoms with Gasteiger partial charge in [0.05, 0.1) is 11.0 Å². The number of halogens is 2. The van der Waals surface area contributed by atoms with Gasteiger partial charge in [-0.25, -0.2) is 4.39 Å². The second-order valence-corrected chi connectivity index (χ2v) is 6.10. The number of likely N-dealkylation sites (tertiary alicyclic amines) is 1. The van der Waals surface area contributed by atoms with Gasteiger partial charge in [-0.05, 0) is 53.4 Å². The van der Waals surface area contributed by atoms with Gasteiger partial charge in [-0.2, -0.15) is 0 Å². The first-order valence-corrected chi connectivity index (χ1v) is 7.48. The molecule has 0 unspecified atom stereocenters. The van der Waals surface area contributed by atoms with Crippen LogP contribution in [0.15, 0.2) is 16.6 Å². The van der Waals surface area contributed by atoms with Crippen LogP contribution in [0.2, 0.25) is 0 Å². The van der Waals surface area contributed by atoms with Crippen LogP contribution in [0.25, 0.3) is 0 Å². The highest BCUT2D eigenvalue weighted by Gasteiger charge is 2.18. The lowest BCUT2D eigenvalue weighted by atomic mass is 10.1. The van der Waals surface area contributed by atoms with E-state index >= 15 is 0 Å². The first-order chi connectivity index (χ1) is 9.45. The molecule has 3 N–H and O–H groups in total. The molecule has 6 heteroatoms. The van der Waals surface area contributed by atoms with Crippen LogP contribution >= 0.6 is 15.9 Å². The lowest BCUT2D eigenvalue weighted by Gasteiger charge is -2.29. The number of carbonyl (C=O) groups is 1. The summed E-state index contributed by atoms with van der Waals surface area (Å²) in [5.41, 5.74) is 7.18. The quantitative estimate of drug-likeness (QED) is 0.884. The van der Waals surface area contributed by atoms with Gasteiger partial charge in [0.15, 0.2) is 0 Å². The zero-order valence-corrected chi connectivity index (χ0v) is 13.0. The zero-order chi connectivity index (χ0) is 14.7. The minimum atomic E-state index is -0.328. The molecule has 1 aromatic carbocycles. The van der Waals surface area contributed by atoms with Gasteiger partial charge in [0.1, 0.15) is 5.82 Å². The van der Waals surface area contributed by atoms with Crippen LogP contribution in [-0.2, 0) is 4.79 Å². The molecule has 1 aliphatic heterocycles. The number of rotatable bonds is 3. The van der Waals surface area contributed by atoms with Crippen LogP contribution in [-0.4, -0.2) is 36.5 Å². The van der Waals surface area contributed by atoms with Crippen molar-refractivity contribution in [2.24, 2.45) is 5.73 Å². The van der Waals surface area contributed by atoms with Crippen LogP contribution in [0.3, 0.4) is 0 Å². The minimum absolute atomic E-state index is 0.0814. The van der Waals surface area contributed by atoms with Crippen LogP contribution in [0.1, 0.15) is 18.4 Å². The van der Waals surface area contributed by atoms with E-state index in [1.54, 1.807) is 13.0 Å². The van der Waals surface area contributed by atoms with Crippen molar-refractivity contribution < 1.29 is 9.18 Å². The van der Waals surface area contributed by atoms with Crippen LogP contribution in [0, 0.1) is 12.7 Å². The summed E-state index contributed by atoms with van der Waals surface area (Å²) in [6, 6.07) is 3.25. The van der Waals surface area contributed by atoms with Crippen molar-refractivity contribution >= 4 is 27.5 Å². The summed E-state index contributed by atoms with van der Waals surface area (Å²) in [4.78, 5) is 14.1. The molecule has 110 valence electrons. The number of anilines is 1. The van der Waals surface area contributed by atoms with Crippen molar-refractivity contribution in [3.8, 4) is 0 Å². The Kier molecular flexibility index (Phi) is 5.12. The average molecular weight is 344 g/mol. The molecule has 4 nitrogen and oxygen atoms in total. The zero-order valence-electron chi connectivity index (χ0n) is 11.5. The third kappa shape index (κ3) is 4.01. The van der Waals surface area contributed by atoms with E-state index in [4.69, 9.17) is 5.73 Å². The molecule has 20 heavy (non-hydrogen) atoms. The van der Waals surface area contributed by atoms with Gasteiger partial charge < -0.3 is 11.1 Å². The number of amides is 1. The summed E-state index contributed by atoms with van der Waals surface area (Å²) in [5.74, 6) is -0.410. The fourth-order valence-corrected chi connectivity index (χ4v) is 2.63. The predicted molar refractivity (Wildman–Crippen MR) is 81.1 cm³/mol. The summed E-state index contributed by atoms with van der Waals surface area (Å²) in [6.45, 7) is 3.81. The molecule has 1 amide bonds. The van der Waals surface area contributed by atoms with E-state index in [1.807, 2.05) is 0 Å². The van der Waals surface area contributed by atoms with Gasteiger partial charge in [-0.15, -0.1) is 0 Å². The molecule has 1 heterocycles. The molecule has 1 saturated heterocycles. The maximum absolute atomic E-state index is 13.3. The van der Waals surface area contributed by atoms with E-state index in [2.05, 4.69) is 26.1 Å². The summed E-state index contributed by atoms with van der Waals surface area (Å²) >= 11 is 3.12. The minimum Gasteiger partial charge on any atom is -0.328 e. The van der Waals surface area contributed by atoms with E-state index in [9.17, 15) is 9.18 Å². The van der Waals surface area contributed by atoms with Gasteiger partial charge in [0.2, 0.25) is 5.91 Å². The van der Waals surface area contributed by atoms with E-state index in [-0.39, 0.29) is 17.8 Å². The molecule has 0 atom stereocenters. The number of nitrogens with zero attached hydrogens (tertiary/aromatic N) is 1. The number of hydrogen-bond donors (Lipinski definition) is 2. The fraction of sp³-hybridized carbons (Fsp3) is 0.500.